The third-order valence-electron chi connectivity index (χ3n) is 14.4. The number of hydrogen-bond donors (Lipinski definition) is 4. The van der Waals surface area contributed by atoms with Gasteiger partial charge in [0.1, 0.15) is 6.04 Å². The fourth-order valence-electron chi connectivity index (χ4n) is 10.2. The highest BCUT2D eigenvalue weighted by molar-refractivity contribution is 5.87. The predicted molar refractivity (Wildman–Crippen MR) is 282 cm³/mol. The first-order chi connectivity index (χ1) is 33.3. The van der Waals surface area contributed by atoms with E-state index in [0.717, 1.165) is 51.4 Å². The van der Waals surface area contributed by atoms with Gasteiger partial charge in [-0.25, -0.2) is 0 Å². The topological polar surface area (TPSA) is 153 Å². The van der Waals surface area contributed by atoms with E-state index in [1.165, 1.54) is 96.3 Å². The van der Waals surface area contributed by atoms with E-state index in [1.54, 1.807) is 22.3 Å². The smallest absolute Gasteiger partial charge is 0.242 e. The maximum absolute atomic E-state index is 13.3. The molecule has 12 nitrogen and oxygen atoms in total. The predicted octanol–water partition coefficient (Wildman–Crippen LogP) is 11.5. The van der Waals surface area contributed by atoms with Crippen LogP contribution in [0, 0.1) is 10.8 Å². The van der Waals surface area contributed by atoms with E-state index in [1.807, 2.05) is 6.92 Å². The van der Waals surface area contributed by atoms with E-state index < -0.39 is 6.04 Å². The zero-order valence-electron chi connectivity index (χ0n) is 45.4. The normalized spacial score (nSPS) is 16.1. The van der Waals surface area contributed by atoms with Crippen LogP contribution >= 0.6 is 0 Å². The van der Waals surface area contributed by atoms with Crippen molar-refractivity contribution in [2.24, 2.45) is 10.8 Å². The van der Waals surface area contributed by atoms with E-state index in [2.05, 4.69) is 62.8 Å². The minimum absolute atomic E-state index is 0.00882. The molecule has 0 bridgehead atoms. The van der Waals surface area contributed by atoms with Crippen LogP contribution in [-0.4, -0.2) is 102 Å². The molecule has 1 atom stereocenters. The molecule has 0 saturated carbocycles. The molecule has 0 aromatic carbocycles. The maximum Gasteiger partial charge on any atom is 0.242 e. The maximum atomic E-state index is 13.3. The first-order valence-electron chi connectivity index (χ1n) is 28.1. The molecule has 0 aliphatic heterocycles. The van der Waals surface area contributed by atoms with E-state index >= 15 is 0 Å². The molecule has 0 spiro atoms. The van der Waals surface area contributed by atoms with Gasteiger partial charge in [0.15, 0.2) is 0 Å². The molecule has 0 fully saturated rings. The Morgan fingerprint density at radius 1 is 0.478 bits per heavy atom. The van der Waals surface area contributed by atoms with Gasteiger partial charge in [-0.3, -0.25) is 19.2 Å². The van der Waals surface area contributed by atoms with Crippen LogP contribution < -0.4 is 21.3 Å². The van der Waals surface area contributed by atoms with Crippen LogP contribution in [0.1, 0.15) is 228 Å². The fraction of sp³-hybridized carbons (Fsp3) is 0.860. The first-order valence-corrected chi connectivity index (χ1v) is 28.1. The van der Waals surface area contributed by atoms with Crippen molar-refractivity contribution in [1.82, 2.24) is 21.3 Å². The summed E-state index contributed by atoms with van der Waals surface area (Å²) in [6, 6.07) is -0.606. The Morgan fingerprint density at radius 3 is 1.42 bits per heavy atom. The number of unbranched alkanes of at least 4 members (excludes halogenated alkanes) is 11. The van der Waals surface area contributed by atoms with Gasteiger partial charge in [0.05, 0.1) is 33.0 Å². The second-order valence-corrected chi connectivity index (χ2v) is 21.3. The van der Waals surface area contributed by atoms with Crippen molar-refractivity contribution in [2.45, 2.75) is 234 Å². The van der Waals surface area contributed by atoms with Crippen molar-refractivity contribution in [3.05, 3.63) is 22.3 Å². The molecule has 2 rings (SSSR count). The second kappa shape index (κ2) is 38.8. The molecule has 2 aliphatic carbocycles. The number of carbonyl (C=O) groups excluding carboxylic acids is 4. The Morgan fingerprint density at radius 2 is 0.913 bits per heavy atom. The first kappa shape index (κ1) is 62.3. The average Bonchev–Trinajstić information content (AvgIpc) is 3.30. The van der Waals surface area contributed by atoms with Crippen LogP contribution in [0.3, 0.4) is 0 Å². The van der Waals surface area contributed by atoms with Gasteiger partial charge in [-0.1, -0.05) is 101 Å². The van der Waals surface area contributed by atoms with Crippen LogP contribution in [0.25, 0.3) is 0 Å². The van der Waals surface area contributed by atoms with Gasteiger partial charge in [0.2, 0.25) is 23.6 Å². The van der Waals surface area contributed by atoms with Crippen molar-refractivity contribution in [3.8, 4) is 0 Å². The van der Waals surface area contributed by atoms with Crippen LogP contribution in [0.15, 0.2) is 22.3 Å². The lowest BCUT2D eigenvalue weighted by Crippen LogP contribution is -2.47. The number of amides is 4. The molecule has 4 amide bonds. The number of ether oxygens (including phenoxy) is 4. The number of nitrogens with one attached hydrogen (secondary N) is 4. The average molecular weight is 973 g/mol. The lowest BCUT2D eigenvalue weighted by atomic mass is 9.71. The molecule has 0 radical (unpaired) electrons. The largest absolute Gasteiger partial charge is 0.381 e. The molecule has 69 heavy (non-hydrogen) atoms. The summed E-state index contributed by atoms with van der Waals surface area (Å²) in [5, 5.41) is 12.0. The number of allylic oxidation sites excluding steroid dienone is 4. The standard InChI is InChI=1S/C57H104N4O8/c1-8-66-42-34-53(63)59-38-25-40-67-43-45-69-46-44-68-41-26-39-60-55(65)51(61-54(64)33-20-16-12-10-14-18-30-50-48(3)28-24-36-57(50,6)7)31-21-22-37-58-52(62)32-19-15-11-9-13-17-29-49-47(2)27-23-35-56(49,4)5/h51H,8-46H2,1-7H3,(H,58,62)(H,59,63)(H,60,65)(H,61,64)/t51-/m0/s1. The monoisotopic (exact) mass is 973 g/mol. The van der Waals surface area contributed by atoms with Crippen molar-refractivity contribution in [2.75, 3.05) is 72.5 Å². The fourth-order valence-corrected chi connectivity index (χ4v) is 10.2. The van der Waals surface area contributed by atoms with Gasteiger partial charge >= 0.3 is 0 Å². The van der Waals surface area contributed by atoms with Gasteiger partial charge in [-0.2, -0.15) is 0 Å². The summed E-state index contributed by atoms with van der Waals surface area (Å²) in [6.45, 7) is 21.8. The van der Waals surface area contributed by atoms with Crippen molar-refractivity contribution >= 4 is 23.6 Å². The van der Waals surface area contributed by atoms with Crippen molar-refractivity contribution < 1.29 is 38.1 Å². The number of carbonyl (C=O) groups is 4. The van der Waals surface area contributed by atoms with Crippen molar-refractivity contribution in [3.63, 3.8) is 0 Å². The Bertz CT molecular complexity index is 1480. The van der Waals surface area contributed by atoms with Crippen LogP contribution in [-0.2, 0) is 38.1 Å². The summed E-state index contributed by atoms with van der Waals surface area (Å²) in [5.74, 6) is -0.151. The molecule has 0 unspecified atom stereocenters. The van der Waals surface area contributed by atoms with Crippen LogP contribution in [0.2, 0.25) is 0 Å². The van der Waals surface area contributed by atoms with Crippen molar-refractivity contribution in [1.29, 1.82) is 0 Å². The summed E-state index contributed by atoms with van der Waals surface area (Å²) in [5.41, 5.74) is 7.35. The molecule has 0 aromatic heterocycles. The highest BCUT2D eigenvalue weighted by atomic mass is 16.5. The highest BCUT2D eigenvalue weighted by Crippen LogP contribution is 2.43. The van der Waals surface area contributed by atoms with E-state index in [0.29, 0.717) is 115 Å². The number of hydrogen-bond acceptors (Lipinski definition) is 8. The number of rotatable bonds is 43. The molecule has 0 aromatic rings. The summed E-state index contributed by atoms with van der Waals surface area (Å²) in [6.07, 6.45) is 28.6. The minimum Gasteiger partial charge on any atom is -0.381 e. The molecule has 12 heteroatoms. The zero-order valence-corrected chi connectivity index (χ0v) is 45.4. The van der Waals surface area contributed by atoms with Gasteiger partial charge in [-0.05, 0) is 141 Å². The highest BCUT2D eigenvalue weighted by Gasteiger charge is 2.29. The van der Waals surface area contributed by atoms with Gasteiger partial charge < -0.3 is 40.2 Å². The SMILES string of the molecule is CCOCCC(=O)NCCCOCCOCCOCCCNC(=O)[C@H](CCCCNC(=O)CCCCCCCCC1=C(C)CCCC1(C)C)NC(=O)CCCCCCCCC1=C(C)CCCC1(C)C. The molecule has 400 valence electrons. The third kappa shape index (κ3) is 30.6. The Hall–Kier alpha value is -2.80. The Kier molecular flexibility index (Phi) is 35.1. The van der Waals surface area contributed by atoms with E-state index in [-0.39, 0.29) is 23.6 Å². The quantitative estimate of drug-likeness (QED) is 0.0348. The molecular formula is C57H104N4O8. The van der Waals surface area contributed by atoms with Gasteiger partial charge in [0.25, 0.3) is 0 Å². The second-order valence-electron chi connectivity index (χ2n) is 21.3. The molecule has 0 heterocycles. The van der Waals surface area contributed by atoms with Crippen LogP contribution in [0.5, 0.6) is 0 Å². The molecule has 4 N–H and O–H groups in total. The molecule has 0 saturated heterocycles. The van der Waals surface area contributed by atoms with Crippen LogP contribution in [0.4, 0.5) is 0 Å². The Labute approximate surface area is 421 Å². The molecular weight excluding hydrogens is 869 g/mol. The zero-order chi connectivity index (χ0) is 50.4. The summed E-state index contributed by atoms with van der Waals surface area (Å²) < 4.78 is 22.1. The minimum atomic E-state index is -0.606. The lowest BCUT2D eigenvalue weighted by molar-refractivity contribution is -0.129. The summed E-state index contributed by atoms with van der Waals surface area (Å²) in [4.78, 5) is 50.7. The van der Waals surface area contributed by atoms with Gasteiger partial charge in [-0.15, -0.1) is 0 Å². The lowest BCUT2D eigenvalue weighted by Gasteiger charge is -2.34. The summed E-state index contributed by atoms with van der Waals surface area (Å²) in [7, 11) is 0. The summed E-state index contributed by atoms with van der Waals surface area (Å²) >= 11 is 0. The third-order valence-corrected chi connectivity index (χ3v) is 14.4. The van der Waals surface area contributed by atoms with Gasteiger partial charge in [0, 0.05) is 58.7 Å². The van der Waals surface area contributed by atoms with E-state index in [9.17, 15) is 19.2 Å². The van der Waals surface area contributed by atoms with E-state index in [4.69, 9.17) is 18.9 Å². The Balaban J connectivity index is 1.61. The molecule has 2 aliphatic rings.